The molecule has 2 aliphatic rings. The Bertz CT molecular complexity index is 623. The summed E-state index contributed by atoms with van der Waals surface area (Å²) in [4.78, 5) is 0. The lowest BCUT2D eigenvalue weighted by Gasteiger charge is -2.38. The van der Waals surface area contributed by atoms with Gasteiger partial charge in [-0.05, 0) is 68.4 Å². The third kappa shape index (κ3) is 1.91. The molecule has 20 heavy (non-hydrogen) atoms. The molecule has 0 amide bonds. The molecule has 2 atom stereocenters. The molecule has 2 unspecified atom stereocenters. The van der Waals surface area contributed by atoms with Crippen molar-refractivity contribution in [3.05, 3.63) is 34.6 Å². The van der Waals surface area contributed by atoms with E-state index >= 15 is 0 Å². The predicted molar refractivity (Wildman–Crippen MR) is 74.7 cm³/mol. The summed E-state index contributed by atoms with van der Waals surface area (Å²) in [6, 6.07) is 2.82. The lowest BCUT2D eigenvalue weighted by molar-refractivity contribution is 0.0161. The molecule has 2 saturated heterocycles. The van der Waals surface area contributed by atoms with E-state index in [4.69, 9.17) is 0 Å². The van der Waals surface area contributed by atoms with Crippen molar-refractivity contribution in [2.45, 2.75) is 55.6 Å². The fourth-order valence-electron chi connectivity index (χ4n) is 4.09. The number of hydrogen-bond acceptors (Lipinski definition) is 3. The summed E-state index contributed by atoms with van der Waals surface area (Å²) in [6.45, 7) is 3.54. The van der Waals surface area contributed by atoms with Gasteiger partial charge in [-0.2, -0.15) is 0 Å². The molecule has 2 bridgehead atoms. The summed E-state index contributed by atoms with van der Waals surface area (Å²) >= 11 is 0. The topological polar surface area (TPSA) is 54.4 Å². The van der Waals surface area contributed by atoms with Crippen LogP contribution in [-0.4, -0.2) is 24.0 Å². The molecule has 5 heteroatoms. The summed E-state index contributed by atoms with van der Waals surface area (Å²) < 4.78 is 37.7. The van der Waals surface area contributed by atoms with Gasteiger partial charge in [0, 0.05) is 0 Å². The van der Waals surface area contributed by atoms with E-state index in [0.717, 1.165) is 0 Å². The Morgan fingerprint density at radius 2 is 1.60 bits per heavy atom. The normalized spacial score (nSPS) is 35.2. The SMILES string of the molecule is Cc1cc(F)cc(C)c1C1(O)CC2CCC(C1)S2(=O)=O. The van der Waals surface area contributed by atoms with E-state index in [1.54, 1.807) is 13.8 Å². The van der Waals surface area contributed by atoms with Crippen LogP contribution in [0, 0.1) is 19.7 Å². The number of hydrogen-bond donors (Lipinski definition) is 1. The van der Waals surface area contributed by atoms with Crippen molar-refractivity contribution in [3.63, 3.8) is 0 Å². The molecular formula is C15H19FO3S. The monoisotopic (exact) mass is 298 g/mol. The number of aliphatic hydroxyl groups is 1. The number of sulfone groups is 1. The highest BCUT2D eigenvalue weighted by atomic mass is 32.2. The van der Waals surface area contributed by atoms with Crippen LogP contribution in [0.4, 0.5) is 4.39 Å². The Labute approximate surface area is 118 Å². The fourth-order valence-corrected chi connectivity index (χ4v) is 6.58. The minimum absolute atomic E-state index is 0.235. The molecule has 2 aliphatic heterocycles. The van der Waals surface area contributed by atoms with Gasteiger partial charge in [0.15, 0.2) is 9.84 Å². The van der Waals surface area contributed by atoms with Gasteiger partial charge in [0.1, 0.15) is 5.82 Å². The van der Waals surface area contributed by atoms with Gasteiger partial charge >= 0.3 is 0 Å². The van der Waals surface area contributed by atoms with E-state index in [1.165, 1.54) is 12.1 Å². The van der Waals surface area contributed by atoms with Crippen LogP contribution in [0.5, 0.6) is 0 Å². The predicted octanol–water partition coefficient (Wildman–Crippen LogP) is 2.37. The lowest BCUT2D eigenvalue weighted by atomic mass is 9.81. The molecule has 0 aliphatic carbocycles. The number of benzene rings is 1. The summed E-state index contributed by atoms with van der Waals surface area (Å²) in [5.74, 6) is -0.321. The van der Waals surface area contributed by atoms with Crippen LogP contribution in [0.2, 0.25) is 0 Å². The number of halogens is 1. The maximum atomic E-state index is 13.4. The summed E-state index contributed by atoms with van der Waals surface area (Å²) in [5.41, 5.74) is 0.969. The molecule has 2 fully saturated rings. The van der Waals surface area contributed by atoms with Gasteiger partial charge in [-0.1, -0.05) is 0 Å². The molecule has 0 saturated carbocycles. The van der Waals surface area contributed by atoms with E-state index in [2.05, 4.69) is 0 Å². The smallest absolute Gasteiger partial charge is 0.156 e. The summed E-state index contributed by atoms with van der Waals surface area (Å²) in [7, 11) is -3.08. The minimum Gasteiger partial charge on any atom is -0.385 e. The molecule has 1 aromatic rings. The first-order chi connectivity index (χ1) is 9.24. The Kier molecular flexibility index (Phi) is 3.00. The zero-order valence-electron chi connectivity index (χ0n) is 11.7. The van der Waals surface area contributed by atoms with Crippen molar-refractivity contribution in [3.8, 4) is 0 Å². The van der Waals surface area contributed by atoms with Gasteiger partial charge in [-0.25, -0.2) is 12.8 Å². The van der Waals surface area contributed by atoms with E-state index in [9.17, 15) is 17.9 Å². The fraction of sp³-hybridized carbons (Fsp3) is 0.600. The van der Waals surface area contributed by atoms with Crippen molar-refractivity contribution < 1.29 is 17.9 Å². The van der Waals surface area contributed by atoms with Crippen molar-refractivity contribution in [1.29, 1.82) is 0 Å². The Balaban J connectivity index is 2.08. The standard InChI is InChI=1S/C15H19FO3S/c1-9-5-11(16)6-10(2)14(9)15(17)7-12-3-4-13(8-15)20(12,18)19/h5-6,12-13,17H,3-4,7-8H2,1-2H3. The molecule has 2 heterocycles. The van der Waals surface area contributed by atoms with Gasteiger partial charge in [0.2, 0.25) is 0 Å². The molecule has 110 valence electrons. The summed E-state index contributed by atoms with van der Waals surface area (Å²) in [6.07, 6.45) is 1.74. The number of aryl methyl sites for hydroxylation is 2. The van der Waals surface area contributed by atoms with E-state index < -0.39 is 25.9 Å². The average Bonchev–Trinajstić information content (AvgIpc) is 2.47. The highest BCUT2D eigenvalue weighted by molar-refractivity contribution is 7.93. The molecule has 3 nitrogen and oxygen atoms in total. The largest absolute Gasteiger partial charge is 0.385 e. The zero-order chi connectivity index (χ0) is 14.7. The van der Waals surface area contributed by atoms with Crippen molar-refractivity contribution >= 4 is 9.84 Å². The highest BCUT2D eigenvalue weighted by Gasteiger charge is 2.53. The second-order valence-corrected chi connectivity index (χ2v) is 8.78. The van der Waals surface area contributed by atoms with Crippen molar-refractivity contribution in [2.75, 3.05) is 0 Å². The van der Waals surface area contributed by atoms with Crippen LogP contribution in [0.1, 0.15) is 42.4 Å². The Morgan fingerprint density at radius 3 is 2.05 bits per heavy atom. The molecular weight excluding hydrogens is 279 g/mol. The maximum Gasteiger partial charge on any atom is 0.156 e. The van der Waals surface area contributed by atoms with Crippen LogP contribution < -0.4 is 0 Å². The van der Waals surface area contributed by atoms with E-state index in [-0.39, 0.29) is 18.7 Å². The highest BCUT2D eigenvalue weighted by Crippen LogP contribution is 2.48. The van der Waals surface area contributed by atoms with Gasteiger partial charge in [-0.3, -0.25) is 0 Å². The summed E-state index contributed by atoms with van der Waals surface area (Å²) in [5, 5.41) is 10.1. The van der Waals surface area contributed by atoms with Gasteiger partial charge in [0.25, 0.3) is 0 Å². The molecule has 0 radical (unpaired) electrons. The van der Waals surface area contributed by atoms with Crippen molar-refractivity contribution in [1.82, 2.24) is 0 Å². The number of rotatable bonds is 1. The van der Waals surface area contributed by atoms with Crippen molar-refractivity contribution in [2.24, 2.45) is 0 Å². The second-order valence-electron chi connectivity index (χ2n) is 6.26. The molecule has 0 aromatic heterocycles. The van der Waals surface area contributed by atoms with Crippen LogP contribution in [0.25, 0.3) is 0 Å². The third-order valence-electron chi connectivity index (χ3n) is 4.83. The molecule has 1 N–H and O–H groups in total. The first kappa shape index (κ1) is 14.0. The second kappa shape index (κ2) is 4.28. The van der Waals surface area contributed by atoms with Gasteiger partial charge in [-0.15, -0.1) is 0 Å². The van der Waals surface area contributed by atoms with E-state index in [0.29, 0.717) is 29.5 Å². The number of fused-ring (bicyclic) bond motifs is 2. The van der Waals surface area contributed by atoms with Gasteiger partial charge in [0.05, 0.1) is 16.1 Å². The molecule has 0 spiro atoms. The third-order valence-corrected chi connectivity index (χ3v) is 7.50. The quantitative estimate of drug-likeness (QED) is 0.866. The van der Waals surface area contributed by atoms with Gasteiger partial charge < -0.3 is 5.11 Å². The lowest BCUT2D eigenvalue weighted by Crippen LogP contribution is -2.43. The van der Waals surface area contributed by atoms with E-state index in [1.807, 2.05) is 0 Å². The first-order valence-corrected chi connectivity index (χ1v) is 8.57. The van der Waals surface area contributed by atoms with Crippen LogP contribution in [0.15, 0.2) is 12.1 Å². The maximum absolute atomic E-state index is 13.4. The minimum atomic E-state index is -3.08. The van der Waals surface area contributed by atoms with Crippen LogP contribution >= 0.6 is 0 Å². The molecule has 1 aromatic carbocycles. The first-order valence-electron chi connectivity index (χ1n) is 6.96. The Morgan fingerprint density at radius 1 is 1.15 bits per heavy atom. The van der Waals surface area contributed by atoms with Crippen LogP contribution in [0.3, 0.4) is 0 Å². The zero-order valence-corrected chi connectivity index (χ0v) is 12.5. The van der Waals surface area contributed by atoms with Crippen LogP contribution in [-0.2, 0) is 15.4 Å². The average molecular weight is 298 g/mol. The Hall–Kier alpha value is -0.940. The molecule has 3 rings (SSSR count).